The van der Waals surface area contributed by atoms with Crippen molar-refractivity contribution in [2.75, 3.05) is 20.1 Å². The maximum absolute atomic E-state index is 12.7. The van der Waals surface area contributed by atoms with Gasteiger partial charge in [-0.2, -0.15) is 0 Å². The summed E-state index contributed by atoms with van der Waals surface area (Å²) in [5.74, 6) is -0.0788. The third-order valence-corrected chi connectivity index (χ3v) is 6.11. The van der Waals surface area contributed by atoms with E-state index < -0.39 is 0 Å². The maximum Gasteiger partial charge on any atom is 0.271 e. The van der Waals surface area contributed by atoms with E-state index in [2.05, 4.69) is 34.1 Å². The molecule has 0 saturated carbocycles. The first-order chi connectivity index (χ1) is 13.0. The van der Waals surface area contributed by atoms with Crippen molar-refractivity contribution in [3.05, 3.63) is 52.0 Å². The number of oxime groups is 1. The number of likely N-dealkylation sites (tertiary alicyclic amines) is 1. The summed E-state index contributed by atoms with van der Waals surface area (Å²) in [7, 11) is 1.78. The molecule has 2 aromatic rings. The van der Waals surface area contributed by atoms with Crippen molar-refractivity contribution in [1.82, 2.24) is 14.8 Å². The fraction of sp³-hybridized carbons (Fsp3) is 0.450. The molecule has 1 amide bonds. The number of thiophene rings is 1. The summed E-state index contributed by atoms with van der Waals surface area (Å²) >= 11 is 1.84. The standard InChI is InChI=1S/C20H24N4O2S/c1-15-6-7-17(27-15)13-24-10-8-20(14-24)11-18(22-26-20)19(25)23(2)12-16-5-3-4-9-21-16/h3-7,9H,8,10-14H2,1-2H3. The molecule has 1 saturated heterocycles. The zero-order valence-corrected chi connectivity index (χ0v) is 16.5. The Labute approximate surface area is 163 Å². The number of carbonyl (C=O) groups excluding carboxylic acids is 1. The van der Waals surface area contributed by atoms with Crippen molar-refractivity contribution >= 4 is 23.0 Å². The lowest BCUT2D eigenvalue weighted by atomic mass is 9.96. The summed E-state index contributed by atoms with van der Waals surface area (Å²) < 4.78 is 0. The first-order valence-electron chi connectivity index (χ1n) is 9.21. The first kappa shape index (κ1) is 18.1. The van der Waals surface area contributed by atoms with E-state index in [1.165, 1.54) is 9.75 Å². The molecule has 4 heterocycles. The SMILES string of the molecule is Cc1ccc(CN2CCC3(CC(C(=O)N(C)Cc4ccccn4)=NO3)C2)s1. The smallest absolute Gasteiger partial charge is 0.271 e. The number of rotatable bonds is 5. The Morgan fingerprint density at radius 3 is 3.00 bits per heavy atom. The summed E-state index contributed by atoms with van der Waals surface area (Å²) in [4.78, 5) is 29.6. The van der Waals surface area contributed by atoms with Gasteiger partial charge in [-0.15, -0.1) is 11.3 Å². The normalized spacial score (nSPS) is 22.1. The number of pyridine rings is 1. The molecular formula is C20H24N4O2S. The predicted octanol–water partition coefficient (Wildman–Crippen LogP) is 2.83. The fourth-order valence-corrected chi connectivity index (χ4v) is 4.67. The molecule has 2 aromatic heterocycles. The number of nitrogens with zero attached hydrogens (tertiary/aromatic N) is 4. The molecule has 7 heteroatoms. The van der Waals surface area contributed by atoms with Crippen LogP contribution in [0.25, 0.3) is 0 Å². The summed E-state index contributed by atoms with van der Waals surface area (Å²) in [6.07, 6.45) is 3.22. The van der Waals surface area contributed by atoms with Gasteiger partial charge in [-0.25, -0.2) is 0 Å². The Morgan fingerprint density at radius 1 is 1.37 bits per heavy atom. The van der Waals surface area contributed by atoms with Crippen molar-refractivity contribution in [2.45, 2.75) is 38.5 Å². The Balaban J connectivity index is 1.33. The largest absolute Gasteiger partial charge is 0.387 e. The Bertz CT molecular complexity index is 851. The van der Waals surface area contributed by atoms with Crippen molar-refractivity contribution in [3.63, 3.8) is 0 Å². The topological polar surface area (TPSA) is 58.0 Å². The van der Waals surface area contributed by atoms with E-state index in [-0.39, 0.29) is 11.5 Å². The summed E-state index contributed by atoms with van der Waals surface area (Å²) in [6, 6.07) is 10.1. The van der Waals surface area contributed by atoms with Crippen LogP contribution < -0.4 is 0 Å². The van der Waals surface area contributed by atoms with E-state index in [4.69, 9.17) is 4.84 Å². The molecule has 2 aliphatic rings. The van der Waals surface area contributed by atoms with Gasteiger partial charge in [0.2, 0.25) is 0 Å². The van der Waals surface area contributed by atoms with Crippen molar-refractivity contribution in [3.8, 4) is 0 Å². The van der Waals surface area contributed by atoms with Gasteiger partial charge in [0.1, 0.15) is 5.71 Å². The zero-order chi connectivity index (χ0) is 18.9. The summed E-state index contributed by atoms with van der Waals surface area (Å²) in [5.41, 5.74) is 1.03. The highest BCUT2D eigenvalue weighted by Gasteiger charge is 2.47. The van der Waals surface area contributed by atoms with Crippen LogP contribution in [0, 0.1) is 6.92 Å². The predicted molar refractivity (Wildman–Crippen MR) is 106 cm³/mol. The van der Waals surface area contributed by atoms with Crippen LogP contribution in [-0.2, 0) is 22.7 Å². The van der Waals surface area contributed by atoms with Crippen LogP contribution in [0.3, 0.4) is 0 Å². The van der Waals surface area contributed by atoms with Crippen LogP contribution in [0.15, 0.2) is 41.7 Å². The van der Waals surface area contributed by atoms with Crippen LogP contribution in [0.1, 0.15) is 28.3 Å². The van der Waals surface area contributed by atoms with Gasteiger partial charge in [-0.05, 0) is 31.2 Å². The van der Waals surface area contributed by atoms with E-state index in [0.29, 0.717) is 18.7 Å². The molecule has 0 aromatic carbocycles. The number of hydrogen-bond donors (Lipinski definition) is 0. The van der Waals surface area contributed by atoms with Gasteiger partial charge < -0.3 is 9.74 Å². The van der Waals surface area contributed by atoms with Gasteiger partial charge in [0.05, 0.1) is 12.2 Å². The third-order valence-electron chi connectivity index (χ3n) is 5.13. The highest BCUT2D eigenvalue weighted by molar-refractivity contribution is 7.11. The molecular weight excluding hydrogens is 360 g/mol. The van der Waals surface area contributed by atoms with Crippen LogP contribution >= 0.6 is 11.3 Å². The molecule has 0 N–H and O–H groups in total. The van der Waals surface area contributed by atoms with Gasteiger partial charge in [0, 0.05) is 55.5 Å². The van der Waals surface area contributed by atoms with Crippen LogP contribution in [-0.4, -0.2) is 52.1 Å². The van der Waals surface area contributed by atoms with E-state index >= 15 is 0 Å². The number of hydrogen-bond acceptors (Lipinski definition) is 6. The molecule has 6 nitrogen and oxygen atoms in total. The molecule has 0 radical (unpaired) electrons. The molecule has 0 bridgehead atoms. The van der Waals surface area contributed by atoms with E-state index in [0.717, 1.165) is 31.7 Å². The third kappa shape index (κ3) is 4.04. The van der Waals surface area contributed by atoms with Gasteiger partial charge in [-0.1, -0.05) is 11.2 Å². The molecule has 4 rings (SSSR count). The second-order valence-electron chi connectivity index (χ2n) is 7.44. The lowest BCUT2D eigenvalue weighted by molar-refractivity contribution is -0.123. The Morgan fingerprint density at radius 2 is 2.26 bits per heavy atom. The van der Waals surface area contributed by atoms with Crippen molar-refractivity contribution in [1.29, 1.82) is 0 Å². The monoisotopic (exact) mass is 384 g/mol. The Kier molecular flexibility index (Phi) is 4.97. The lowest BCUT2D eigenvalue weighted by Gasteiger charge is -2.22. The fourth-order valence-electron chi connectivity index (χ4n) is 3.73. The minimum absolute atomic E-state index is 0.0788. The molecule has 1 spiro atoms. The molecule has 1 atom stereocenters. The maximum atomic E-state index is 12.7. The number of aryl methyl sites for hydroxylation is 1. The quantitative estimate of drug-likeness (QED) is 0.795. The van der Waals surface area contributed by atoms with Crippen LogP contribution in [0.2, 0.25) is 0 Å². The average Bonchev–Trinajstić information content (AvgIpc) is 3.37. The number of amides is 1. The van der Waals surface area contributed by atoms with Gasteiger partial charge in [-0.3, -0.25) is 14.7 Å². The lowest BCUT2D eigenvalue weighted by Crippen LogP contribution is -2.37. The molecule has 2 aliphatic heterocycles. The van der Waals surface area contributed by atoms with E-state index in [1.54, 1.807) is 18.1 Å². The van der Waals surface area contributed by atoms with Gasteiger partial charge in [0.25, 0.3) is 5.91 Å². The zero-order valence-electron chi connectivity index (χ0n) is 15.7. The molecule has 142 valence electrons. The molecule has 27 heavy (non-hydrogen) atoms. The molecule has 1 unspecified atom stereocenters. The van der Waals surface area contributed by atoms with Gasteiger partial charge in [0.15, 0.2) is 5.60 Å². The van der Waals surface area contributed by atoms with Crippen molar-refractivity contribution in [2.24, 2.45) is 5.16 Å². The second-order valence-corrected chi connectivity index (χ2v) is 8.82. The van der Waals surface area contributed by atoms with E-state index in [9.17, 15) is 4.79 Å². The minimum Gasteiger partial charge on any atom is -0.387 e. The number of aromatic nitrogens is 1. The van der Waals surface area contributed by atoms with Gasteiger partial charge >= 0.3 is 0 Å². The Hall–Kier alpha value is -2.25. The van der Waals surface area contributed by atoms with Crippen LogP contribution in [0.5, 0.6) is 0 Å². The molecule has 1 fully saturated rings. The highest BCUT2D eigenvalue weighted by atomic mass is 32.1. The molecule has 0 aliphatic carbocycles. The van der Waals surface area contributed by atoms with Crippen LogP contribution in [0.4, 0.5) is 0 Å². The minimum atomic E-state index is -0.344. The van der Waals surface area contributed by atoms with E-state index in [1.807, 2.05) is 29.5 Å². The first-order valence-corrected chi connectivity index (χ1v) is 10.0. The average molecular weight is 385 g/mol. The second kappa shape index (κ2) is 7.40. The summed E-state index contributed by atoms with van der Waals surface area (Å²) in [6.45, 7) is 5.32. The summed E-state index contributed by atoms with van der Waals surface area (Å²) in [5, 5.41) is 4.16. The van der Waals surface area contributed by atoms with Crippen molar-refractivity contribution < 1.29 is 9.63 Å². The highest BCUT2D eigenvalue weighted by Crippen LogP contribution is 2.35. The number of carbonyl (C=O) groups is 1.